The molecule has 0 atom stereocenters. The quantitative estimate of drug-likeness (QED) is 0.585. The molecule has 0 aromatic heterocycles. The fraction of sp³-hybridized carbons (Fsp3) is 0.250. The van der Waals surface area contributed by atoms with Crippen LogP contribution in [0.25, 0.3) is 0 Å². The maximum Gasteiger partial charge on any atom is 0.315 e. The Hall–Kier alpha value is -2.04. The predicted octanol–water partition coefficient (Wildman–Crippen LogP) is 1.69. The lowest BCUT2D eigenvalue weighted by Gasteiger charge is -2.08. The Morgan fingerprint density at radius 2 is 2.29 bits per heavy atom. The van der Waals surface area contributed by atoms with Gasteiger partial charge in [-0.05, 0) is 12.1 Å². The predicted molar refractivity (Wildman–Crippen MR) is 63.5 cm³/mol. The van der Waals surface area contributed by atoms with Crippen molar-refractivity contribution in [1.29, 1.82) is 0 Å². The summed E-state index contributed by atoms with van der Waals surface area (Å²) in [6.45, 7) is 4.52. The molecule has 0 aliphatic carbocycles. The van der Waals surface area contributed by atoms with Crippen LogP contribution >= 0.6 is 0 Å². The van der Waals surface area contributed by atoms with Crippen LogP contribution in [-0.4, -0.2) is 25.7 Å². The number of benzene rings is 1. The summed E-state index contributed by atoms with van der Waals surface area (Å²) in [7, 11) is 0. The lowest BCUT2D eigenvalue weighted by molar-refractivity contribution is 0.237. The molecule has 1 aromatic carbocycles. The van der Waals surface area contributed by atoms with Gasteiger partial charge < -0.3 is 15.4 Å². The van der Waals surface area contributed by atoms with Crippen molar-refractivity contribution in [2.45, 2.75) is 0 Å². The number of hydrogen-bond acceptors (Lipinski definition) is 2. The van der Waals surface area contributed by atoms with Crippen LogP contribution in [0.5, 0.6) is 5.75 Å². The average molecular weight is 238 g/mol. The minimum absolute atomic E-state index is 0.283. The fourth-order valence-corrected chi connectivity index (χ4v) is 1.12. The van der Waals surface area contributed by atoms with Gasteiger partial charge in [0, 0.05) is 12.6 Å². The van der Waals surface area contributed by atoms with E-state index in [1.165, 1.54) is 12.1 Å². The van der Waals surface area contributed by atoms with Crippen molar-refractivity contribution in [3.63, 3.8) is 0 Å². The Morgan fingerprint density at radius 3 is 3.00 bits per heavy atom. The molecule has 0 radical (unpaired) electrons. The fourth-order valence-electron chi connectivity index (χ4n) is 1.12. The lowest BCUT2D eigenvalue weighted by atomic mass is 10.3. The molecule has 92 valence electrons. The number of nitrogens with one attached hydrogen (secondary N) is 2. The minimum atomic E-state index is -0.348. The van der Waals surface area contributed by atoms with E-state index >= 15 is 0 Å². The Labute approximate surface area is 99.5 Å². The van der Waals surface area contributed by atoms with E-state index in [0.717, 1.165) is 0 Å². The highest BCUT2D eigenvalue weighted by molar-refractivity contribution is 5.73. The first-order valence-corrected chi connectivity index (χ1v) is 5.23. The Bertz CT molecular complexity index is 383. The second-order valence-corrected chi connectivity index (χ2v) is 3.23. The summed E-state index contributed by atoms with van der Waals surface area (Å²) in [6.07, 6.45) is 1.59. The summed E-state index contributed by atoms with van der Waals surface area (Å²) in [5.74, 6) is 0.0949. The first-order chi connectivity index (χ1) is 8.22. The van der Waals surface area contributed by atoms with Crippen molar-refractivity contribution in [3.8, 4) is 5.75 Å². The zero-order chi connectivity index (χ0) is 12.5. The number of ether oxygens (including phenoxy) is 1. The van der Waals surface area contributed by atoms with Crippen LogP contribution < -0.4 is 15.4 Å². The number of carbonyl (C=O) groups is 1. The maximum absolute atomic E-state index is 12.8. The molecule has 0 heterocycles. The van der Waals surface area contributed by atoms with E-state index < -0.39 is 0 Å². The van der Waals surface area contributed by atoms with Gasteiger partial charge in [0.15, 0.2) is 0 Å². The van der Waals surface area contributed by atoms with Crippen molar-refractivity contribution >= 4 is 6.03 Å². The smallest absolute Gasteiger partial charge is 0.315 e. The van der Waals surface area contributed by atoms with Gasteiger partial charge in [-0.15, -0.1) is 6.58 Å². The molecule has 2 N–H and O–H groups in total. The van der Waals surface area contributed by atoms with Gasteiger partial charge in [0.05, 0.1) is 6.54 Å². The summed E-state index contributed by atoms with van der Waals surface area (Å²) in [5, 5.41) is 5.14. The first kappa shape index (κ1) is 13.0. The first-order valence-electron chi connectivity index (χ1n) is 5.23. The van der Waals surface area contributed by atoms with Crippen molar-refractivity contribution in [2.75, 3.05) is 19.7 Å². The molecule has 1 rings (SSSR count). The monoisotopic (exact) mass is 238 g/mol. The third kappa shape index (κ3) is 5.55. The molecular formula is C12H15FN2O2. The highest BCUT2D eigenvalue weighted by atomic mass is 19.1. The average Bonchev–Trinajstić information content (AvgIpc) is 2.32. The molecule has 0 spiro atoms. The zero-order valence-electron chi connectivity index (χ0n) is 9.41. The normalized spacial score (nSPS) is 9.47. The molecule has 0 bridgehead atoms. The largest absolute Gasteiger partial charge is 0.492 e. The van der Waals surface area contributed by atoms with Crippen LogP contribution in [0.1, 0.15) is 0 Å². The minimum Gasteiger partial charge on any atom is -0.492 e. The molecule has 5 heteroatoms. The summed E-state index contributed by atoms with van der Waals surface area (Å²) >= 11 is 0. The van der Waals surface area contributed by atoms with Gasteiger partial charge in [-0.2, -0.15) is 0 Å². The third-order valence-corrected chi connectivity index (χ3v) is 1.86. The van der Waals surface area contributed by atoms with Crippen LogP contribution in [0.2, 0.25) is 0 Å². The summed E-state index contributed by atoms with van der Waals surface area (Å²) < 4.78 is 18.0. The molecule has 0 unspecified atom stereocenters. The van der Waals surface area contributed by atoms with Gasteiger partial charge in [-0.25, -0.2) is 9.18 Å². The van der Waals surface area contributed by atoms with Gasteiger partial charge in [-0.1, -0.05) is 12.1 Å². The molecular weight excluding hydrogens is 223 g/mol. The standard InChI is InChI=1S/C12H15FN2O2/c1-2-6-14-12(16)15-7-8-17-11-5-3-4-10(13)9-11/h2-5,9H,1,6-8H2,(H2,14,15,16). The van der Waals surface area contributed by atoms with Gasteiger partial charge in [-0.3, -0.25) is 0 Å². The summed E-state index contributed by atoms with van der Waals surface area (Å²) in [5.41, 5.74) is 0. The van der Waals surface area contributed by atoms with Crippen LogP contribution in [0.4, 0.5) is 9.18 Å². The molecule has 1 aromatic rings. The van der Waals surface area contributed by atoms with Crippen molar-refractivity contribution in [1.82, 2.24) is 10.6 Å². The molecule has 0 saturated heterocycles. The van der Waals surface area contributed by atoms with E-state index in [4.69, 9.17) is 4.74 Å². The van der Waals surface area contributed by atoms with E-state index in [0.29, 0.717) is 18.8 Å². The molecule has 4 nitrogen and oxygen atoms in total. The van der Waals surface area contributed by atoms with E-state index in [1.54, 1.807) is 18.2 Å². The number of rotatable bonds is 6. The number of hydrogen-bond donors (Lipinski definition) is 2. The Morgan fingerprint density at radius 1 is 1.47 bits per heavy atom. The lowest BCUT2D eigenvalue weighted by Crippen LogP contribution is -2.37. The number of urea groups is 1. The van der Waals surface area contributed by atoms with Gasteiger partial charge in [0.25, 0.3) is 0 Å². The SMILES string of the molecule is C=CCNC(=O)NCCOc1cccc(F)c1. The van der Waals surface area contributed by atoms with Gasteiger partial charge in [0.2, 0.25) is 0 Å². The topological polar surface area (TPSA) is 50.4 Å². The number of halogens is 1. The van der Waals surface area contributed by atoms with E-state index in [1.807, 2.05) is 0 Å². The molecule has 0 aliphatic heterocycles. The highest BCUT2D eigenvalue weighted by Crippen LogP contribution is 2.11. The molecule has 17 heavy (non-hydrogen) atoms. The highest BCUT2D eigenvalue weighted by Gasteiger charge is 1.98. The van der Waals surface area contributed by atoms with Crippen LogP contribution in [0, 0.1) is 5.82 Å². The molecule has 0 aliphatic rings. The maximum atomic E-state index is 12.8. The number of amides is 2. The third-order valence-electron chi connectivity index (χ3n) is 1.86. The van der Waals surface area contributed by atoms with E-state index in [-0.39, 0.29) is 18.5 Å². The van der Waals surface area contributed by atoms with Crippen molar-refractivity contribution < 1.29 is 13.9 Å². The van der Waals surface area contributed by atoms with Crippen LogP contribution in [-0.2, 0) is 0 Å². The van der Waals surface area contributed by atoms with Crippen LogP contribution in [0.15, 0.2) is 36.9 Å². The Kier molecular flexibility index (Phi) is 5.57. The van der Waals surface area contributed by atoms with E-state index in [2.05, 4.69) is 17.2 Å². The molecule has 2 amide bonds. The van der Waals surface area contributed by atoms with Gasteiger partial charge in [0.1, 0.15) is 18.2 Å². The van der Waals surface area contributed by atoms with Crippen LogP contribution in [0.3, 0.4) is 0 Å². The van der Waals surface area contributed by atoms with Crippen molar-refractivity contribution in [3.05, 3.63) is 42.7 Å². The number of carbonyl (C=O) groups excluding carboxylic acids is 1. The molecule has 0 saturated carbocycles. The Balaban J connectivity index is 2.16. The summed E-state index contributed by atoms with van der Waals surface area (Å²) in [6, 6.07) is 5.56. The van der Waals surface area contributed by atoms with Gasteiger partial charge >= 0.3 is 6.03 Å². The van der Waals surface area contributed by atoms with E-state index in [9.17, 15) is 9.18 Å². The summed E-state index contributed by atoms with van der Waals surface area (Å²) in [4.78, 5) is 11.1. The molecule has 0 fully saturated rings. The van der Waals surface area contributed by atoms with Crippen molar-refractivity contribution in [2.24, 2.45) is 0 Å². The zero-order valence-corrected chi connectivity index (χ0v) is 9.41. The second kappa shape index (κ2) is 7.27. The second-order valence-electron chi connectivity index (χ2n) is 3.23.